The highest BCUT2D eigenvalue weighted by Crippen LogP contribution is 2.34. The first-order chi connectivity index (χ1) is 7.59. The molecule has 0 fully saturated rings. The van der Waals surface area contributed by atoms with Crippen LogP contribution in [0.5, 0.6) is 5.75 Å². The molecule has 2 rings (SSSR count). The molecule has 5 nitrogen and oxygen atoms in total. The molecule has 0 aromatic heterocycles. The van der Waals surface area contributed by atoms with Crippen LogP contribution in [0.4, 0.5) is 5.69 Å². The van der Waals surface area contributed by atoms with Crippen molar-refractivity contribution in [2.24, 2.45) is 0 Å². The van der Waals surface area contributed by atoms with Gasteiger partial charge in [-0.1, -0.05) is 6.07 Å². The van der Waals surface area contributed by atoms with Crippen LogP contribution in [0.25, 0.3) is 0 Å². The van der Waals surface area contributed by atoms with Crippen molar-refractivity contribution in [3.63, 3.8) is 0 Å². The molecule has 0 spiro atoms. The largest absolute Gasteiger partial charge is 0.482 e. The molecule has 0 bridgehead atoms. The topological polar surface area (TPSA) is 66.8 Å². The zero-order chi connectivity index (χ0) is 11.7. The van der Waals surface area contributed by atoms with Crippen molar-refractivity contribution in [3.8, 4) is 5.75 Å². The Labute approximate surface area is 92.2 Å². The number of anilines is 1. The smallest absolute Gasteiger partial charge is 0.341 e. The van der Waals surface area contributed by atoms with E-state index in [4.69, 9.17) is 9.84 Å². The highest BCUT2D eigenvalue weighted by molar-refractivity contribution is 6.01. The number of benzene rings is 1. The van der Waals surface area contributed by atoms with Crippen molar-refractivity contribution in [2.45, 2.75) is 6.42 Å². The number of aliphatic carboxylic acids is 1. The zero-order valence-electron chi connectivity index (χ0n) is 8.77. The van der Waals surface area contributed by atoms with E-state index < -0.39 is 12.6 Å². The van der Waals surface area contributed by atoms with Crippen molar-refractivity contribution >= 4 is 17.6 Å². The third kappa shape index (κ3) is 1.71. The summed E-state index contributed by atoms with van der Waals surface area (Å²) in [5.74, 6) is -0.575. The van der Waals surface area contributed by atoms with E-state index in [1.54, 1.807) is 24.1 Å². The van der Waals surface area contributed by atoms with Crippen LogP contribution in [0.2, 0.25) is 0 Å². The van der Waals surface area contributed by atoms with Crippen LogP contribution < -0.4 is 9.64 Å². The predicted molar refractivity (Wildman–Crippen MR) is 56.7 cm³/mol. The van der Waals surface area contributed by atoms with Gasteiger partial charge in [0.15, 0.2) is 6.61 Å². The van der Waals surface area contributed by atoms with Crippen LogP contribution >= 0.6 is 0 Å². The van der Waals surface area contributed by atoms with Crippen LogP contribution in [0, 0.1) is 0 Å². The number of hydrogen-bond donors (Lipinski definition) is 1. The number of carboxylic acid groups (broad SMARTS) is 1. The maximum atomic E-state index is 11.5. The lowest BCUT2D eigenvalue weighted by molar-refractivity contribution is -0.139. The van der Waals surface area contributed by atoms with Crippen molar-refractivity contribution in [3.05, 3.63) is 23.8 Å². The lowest BCUT2D eigenvalue weighted by Crippen LogP contribution is -2.20. The summed E-state index contributed by atoms with van der Waals surface area (Å²) in [4.78, 5) is 23.4. The molecule has 16 heavy (non-hydrogen) atoms. The SMILES string of the molecule is CN1C(=O)Cc2c(OCC(=O)O)cccc21. The second-order valence-electron chi connectivity index (χ2n) is 3.57. The quantitative estimate of drug-likeness (QED) is 0.814. The summed E-state index contributed by atoms with van der Waals surface area (Å²) in [5.41, 5.74) is 1.55. The van der Waals surface area contributed by atoms with E-state index in [0.29, 0.717) is 5.75 Å². The van der Waals surface area contributed by atoms with Gasteiger partial charge >= 0.3 is 5.97 Å². The summed E-state index contributed by atoms with van der Waals surface area (Å²) >= 11 is 0. The van der Waals surface area contributed by atoms with Gasteiger partial charge in [0.2, 0.25) is 5.91 Å². The monoisotopic (exact) mass is 221 g/mol. The first-order valence-electron chi connectivity index (χ1n) is 4.82. The molecule has 1 amide bonds. The summed E-state index contributed by atoms with van der Waals surface area (Å²) in [6.45, 7) is -0.394. The van der Waals surface area contributed by atoms with Crippen molar-refractivity contribution in [1.29, 1.82) is 0 Å². The van der Waals surface area contributed by atoms with Gasteiger partial charge in [0, 0.05) is 12.6 Å². The molecular weight excluding hydrogens is 210 g/mol. The van der Waals surface area contributed by atoms with Crippen LogP contribution in [-0.2, 0) is 16.0 Å². The molecule has 5 heteroatoms. The van der Waals surface area contributed by atoms with Gasteiger partial charge in [-0.15, -0.1) is 0 Å². The summed E-state index contributed by atoms with van der Waals surface area (Å²) in [6.07, 6.45) is 0.266. The lowest BCUT2D eigenvalue weighted by atomic mass is 10.1. The Hall–Kier alpha value is -2.04. The zero-order valence-corrected chi connectivity index (χ0v) is 8.77. The summed E-state index contributed by atoms with van der Waals surface area (Å²) in [5, 5.41) is 8.52. The molecular formula is C11H11NO4. The number of fused-ring (bicyclic) bond motifs is 1. The molecule has 1 N–H and O–H groups in total. The van der Waals surface area contributed by atoms with Gasteiger partial charge in [-0.05, 0) is 12.1 Å². The third-order valence-corrected chi connectivity index (χ3v) is 2.52. The number of nitrogens with zero attached hydrogens (tertiary/aromatic N) is 1. The van der Waals surface area contributed by atoms with Gasteiger partial charge < -0.3 is 14.7 Å². The summed E-state index contributed by atoms with van der Waals surface area (Å²) in [6, 6.07) is 5.23. The number of carbonyl (C=O) groups is 2. The molecule has 1 aromatic carbocycles. The van der Waals surface area contributed by atoms with E-state index in [2.05, 4.69) is 0 Å². The van der Waals surface area contributed by atoms with E-state index in [9.17, 15) is 9.59 Å². The molecule has 1 heterocycles. The van der Waals surface area contributed by atoms with E-state index in [-0.39, 0.29) is 12.3 Å². The minimum Gasteiger partial charge on any atom is -0.482 e. The predicted octanol–water partition coefficient (Wildman–Crippen LogP) is 0.669. The molecule has 0 atom stereocenters. The second-order valence-corrected chi connectivity index (χ2v) is 3.57. The van der Waals surface area contributed by atoms with Gasteiger partial charge in [0.05, 0.1) is 12.1 Å². The average molecular weight is 221 g/mol. The summed E-state index contributed by atoms with van der Waals surface area (Å²) < 4.78 is 5.13. The van der Waals surface area contributed by atoms with Gasteiger partial charge in [-0.3, -0.25) is 4.79 Å². The molecule has 0 saturated carbocycles. The van der Waals surface area contributed by atoms with Gasteiger partial charge in [-0.25, -0.2) is 4.79 Å². The van der Waals surface area contributed by atoms with Crippen molar-refractivity contribution < 1.29 is 19.4 Å². The van der Waals surface area contributed by atoms with Gasteiger partial charge in [0.1, 0.15) is 5.75 Å². The second kappa shape index (κ2) is 3.84. The highest BCUT2D eigenvalue weighted by atomic mass is 16.5. The van der Waals surface area contributed by atoms with Crippen LogP contribution in [-0.4, -0.2) is 30.6 Å². The Bertz CT molecular complexity index is 455. The van der Waals surface area contributed by atoms with E-state index in [1.165, 1.54) is 0 Å². The maximum Gasteiger partial charge on any atom is 0.341 e. The molecule has 1 aliphatic heterocycles. The van der Waals surface area contributed by atoms with Crippen molar-refractivity contribution in [1.82, 2.24) is 0 Å². The van der Waals surface area contributed by atoms with Gasteiger partial charge in [0.25, 0.3) is 0 Å². The van der Waals surface area contributed by atoms with Gasteiger partial charge in [-0.2, -0.15) is 0 Å². The fraction of sp³-hybridized carbons (Fsp3) is 0.273. The minimum atomic E-state index is -1.03. The Morgan fingerprint density at radius 1 is 1.56 bits per heavy atom. The number of carbonyl (C=O) groups excluding carboxylic acids is 1. The van der Waals surface area contributed by atoms with Crippen LogP contribution in [0.1, 0.15) is 5.56 Å². The lowest BCUT2D eigenvalue weighted by Gasteiger charge is -2.11. The van der Waals surface area contributed by atoms with Crippen LogP contribution in [0.15, 0.2) is 18.2 Å². The number of hydrogen-bond acceptors (Lipinski definition) is 3. The fourth-order valence-electron chi connectivity index (χ4n) is 1.72. The Morgan fingerprint density at radius 2 is 2.31 bits per heavy atom. The molecule has 84 valence electrons. The molecule has 0 aliphatic carbocycles. The van der Waals surface area contributed by atoms with E-state index in [0.717, 1.165) is 11.3 Å². The first kappa shape index (κ1) is 10.5. The Kier molecular flexibility index (Phi) is 2.52. The van der Waals surface area contributed by atoms with E-state index >= 15 is 0 Å². The number of amides is 1. The molecule has 0 unspecified atom stereocenters. The molecule has 0 saturated heterocycles. The Balaban J connectivity index is 2.29. The molecule has 0 radical (unpaired) electrons. The fourth-order valence-corrected chi connectivity index (χ4v) is 1.72. The number of rotatable bonds is 3. The number of carboxylic acids is 1. The number of ether oxygens (including phenoxy) is 1. The summed E-state index contributed by atoms with van der Waals surface area (Å²) in [7, 11) is 1.69. The first-order valence-corrected chi connectivity index (χ1v) is 4.82. The average Bonchev–Trinajstić information content (AvgIpc) is 2.53. The molecule has 1 aromatic rings. The maximum absolute atomic E-state index is 11.5. The molecule has 1 aliphatic rings. The highest BCUT2D eigenvalue weighted by Gasteiger charge is 2.26. The standard InChI is InChI=1S/C11H11NO4/c1-12-8-3-2-4-9(16-6-11(14)15)7(8)5-10(12)13/h2-4H,5-6H2,1H3,(H,14,15). The van der Waals surface area contributed by atoms with E-state index in [1.807, 2.05) is 6.07 Å². The van der Waals surface area contributed by atoms with Crippen LogP contribution in [0.3, 0.4) is 0 Å². The minimum absolute atomic E-state index is 0.0126. The third-order valence-electron chi connectivity index (χ3n) is 2.52. The Morgan fingerprint density at radius 3 is 3.00 bits per heavy atom. The normalized spacial score (nSPS) is 13.8. The van der Waals surface area contributed by atoms with Crippen molar-refractivity contribution in [2.75, 3.05) is 18.6 Å². The number of likely N-dealkylation sites (N-methyl/N-ethyl adjacent to an activating group) is 1.